The van der Waals surface area contributed by atoms with Gasteiger partial charge < -0.3 is 0 Å². The SMILES string of the molecule is Cc1cc(C)c2c(n1)sc1c(=O)n(-c3c(C)cccc3C)nnc12. The van der Waals surface area contributed by atoms with E-state index in [2.05, 4.69) is 15.3 Å². The van der Waals surface area contributed by atoms with Crippen LogP contribution in [0.1, 0.15) is 22.4 Å². The van der Waals surface area contributed by atoms with Crippen LogP contribution < -0.4 is 5.56 Å². The first-order chi connectivity index (χ1) is 11.5. The monoisotopic (exact) mass is 336 g/mol. The Kier molecular flexibility index (Phi) is 3.25. The molecule has 5 nitrogen and oxygen atoms in total. The second kappa shape index (κ2) is 5.21. The van der Waals surface area contributed by atoms with Crippen molar-refractivity contribution < 1.29 is 0 Å². The molecule has 0 aliphatic rings. The third-order valence-corrected chi connectivity index (χ3v) is 5.30. The number of benzene rings is 1. The molecule has 0 bridgehead atoms. The summed E-state index contributed by atoms with van der Waals surface area (Å²) in [5.74, 6) is 0. The van der Waals surface area contributed by atoms with Crippen LogP contribution >= 0.6 is 11.3 Å². The minimum Gasteiger partial charge on any atom is -0.266 e. The molecule has 0 atom stereocenters. The Labute approximate surface area is 142 Å². The predicted molar refractivity (Wildman–Crippen MR) is 97.3 cm³/mol. The topological polar surface area (TPSA) is 60.7 Å². The van der Waals surface area contributed by atoms with Gasteiger partial charge in [-0.05, 0) is 50.5 Å². The van der Waals surface area contributed by atoms with Crippen molar-refractivity contribution in [2.24, 2.45) is 0 Å². The third kappa shape index (κ3) is 2.06. The van der Waals surface area contributed by atoms with Crippen molar-refractivity contribution in [3.05, 3.63) is 57.0 Å². The number of hydrogen-bond acceptors (Lipinski definition) is 5. The van der Waals surface area contributed by atoms with Crippen LogP contribution in [0.3, 0.4) is 0 Å². The summed E-state index contributed by atoms with van der Waals surface area (Å²) in [4.78, 5) is 18.4. The minimum absolute atomic E-state index is 0.141. The second-order valence-electron chi connectivity index (χ2n) is 6.09. The largest absolute Gasteiger partial charge is 0.292 e. The average Bonchev–Trinajstić information content (AvgIpc) is 2.88. The fourth-order valence-corrected chi connectivity index (χ4v) is 4.33. The Hall–Kier alpha value is -2.60. The first-order valence-electron chi connectivity index (χ1n) is 7.70. The highest BCUT2D eigenvalue weighted by molar-refractivity contribution is 7.25. The molecule has 24 heavy (non-hydrogen) atoms. The van der Waals surface area contributed by atoms with E-state index in [1.807, 2.05) is 52.0 Å². The zero-order chi connectivity index (χ0) is 17.0. The van der Waals surface area contributed by atoms with Crippen LogP contribution in [-0.2, 0) is 0 Å². The molecule has 3 heterocycles. The number of thiophene rings is 1. The molecule has 1 aromatic carbocycles. The summed E-state index contributed by atoms with van der Waals surface area (Å²) in [6.45, 7) is 7.92. The van der Waals surface area contributed by atoms with Crippen LogP contribution in [0.25, 0.3) is 26.1 Å². The summed E-state index contributed by atoms with van der Waals surface area (Å²) in [6.07, 6.45) is 0. The van der Waals surface area contributed by atoms with Crippen LogP contribution in [0.5, 0.6) is 0 Å². The zero-order valence-corrected chi connectivity index (χ0v) is 14.7. The minimum atomic E-state index is -0.141. The standard InChI is InChI=1S/C18H16N4OS/c1-9-6-5-7-10(2)15(9)22-18(23)16-14(20-21-22)13-11(3)8-12(4)19-17(13)24-16/h5-8H,1-4H3. The van der Waals surface area contributed by atoms with Crippen LogP contribution in [0, 0.1) is 27.7 Å². The fraction of sp³-hybridized carbons (Fsp3) is 0.222. The molecule has 4 rings (SSSR count). The molecule has 0 saturated heterocycles. The molecule has 0 fully saturated rings. The number of rotatable bonds is 1. The molecule has 0 saturated carbocycles. The molecule has 6 heteroatoms. The fourth-order valence-electron chi connectivity index (χ4n) is 3.18. The maximum atomic E-state index is 13.0. The Balaban J connectivity index is 2.12. The maximum absolute atomic E-state index is 13.0. The Morgan fingerprint density at radius 1 is 1.04 bits per heavy atom. The van der Waals surface area contributed by atoms with Gasteiger partial charge in [0, 0.05) is 11.1 Å². The molecule has 0 amide bonds. The number of fused-ring (bicyclic) bond motifs is 3. The van der Waals surface area contributed by atoms with Crippen LogP contribution in [-0.4, -0.2) is 20.0 Å². The lowest BCUT2D eigenvalue weighted by Crippen LogP contribution is -2.23. The van der Waals surface area contributed by atoms with E-state index >= 15 is 0 Å². The van der Waals surface area contributed by atoms with Gasteiger partial charge in [-0.25, -0.2) is 4.98 Å². The van der Waals surface area contributed by atoms with Crippen molar-refractivity contribution in [1.29, 1.82) is 0 Å². The lowest BCUT2D eigenvalue weighted by Gasteiger charge is -2.09. The van der Waals surface area contributed by atoms with E-state index in [-0.39, 0.29) is 5.56 Å². The van der Waals surface area contributed by atoms with Crippen LogP contribution in [0.15, 0.2) is 29.1 Å². The molecule has 0 aliphatic carbocycles. The molecule has 0 radical (unpaired) electrons. The Morgan fingerprint density at radius 3 is 2.46 bits per heavy atom. The smallest absolute Gasteiger partial charge is 0.266 e. The molecule has 0 spiro atoms. The number of nitrogens with zero attached hydrogens (tertiary/aromatic N) is 4. The van der Waals surface area contributed by atoms with Crippen LogP contribution in [0.2, 0.25) is 0 Å². The summed E-state index contributed by atoms with van der Waals surface area (Å²) >= 11 is 1.39. The quantitative estimate of drug-likeness (QED) is 0.532. The summed E-state index contributed by atoms with van der Waals surface area (Å²) in [6, 6.07) is 7.93. The summed E-state index contributed by atoms with van der Waals surface area (Å²) in [5.41, 5.74) is 5.31. The number of para-hydroxylation sites is 1. The van der Waals surface area contributed by atoms with E-state index in [1.165, 1.54) is 16.0 Å². The van der Waals surface area contributed by atoms with Gasteiger partial charge in [-0.3, -0.25) is 4.79 Å². The highest BCUT2D eigenvalue weighted by atomic mass is 32.1. The summed E-state index contributed by atoms with van der Waals surface area (Å²) < 4.78 is 2.01. The van der Waals surface area contributed by atoms with Crippen molar-refractivity contribution in [2.45, 2.75) is 27.7 Å². The molecular formula is C18H16N4OS. The van der Waals surface area contributed by atoms with E-state index in [9.17, 15) is 4.79 Å². The molecule has 3 aromatic heterocycles. The van der Waals surface area contributed by atoms with Gasteiger partial charge in [0.05, 0.1) is 5.69 Å². The summed E-state index contributed by atoms with van der Waals surface area (Å²) in [5, 5.41) is 9.51. The molecule has 0 N–H and O–H groups in total. The molecule has 0 unspecified atom stereocenters. The van der Waals surface area contributed by atoms with E-state index in [1.54, 1.807) is 0 Å². The number of aryl methyl sites for hydroxylation is 4. The summed E-state index contributed by atoms with van der Waals surface area (Å²) in [7, 11) is 0. The van der Waals surface area contributed by atoms with Crippen LogP contribution in [0.4, 0.5) is 0 Å². The van der Waals surface area contributed by atoms with Crippen molar-refractivity contribution in [3.8, 4) is 5.69 Å². The second-order valence-corrected chi connectivity index (χ2v) is 7.09. The molecular weight excluding hydrogens is 320 g/mol. The first-order valence-corrected chi connectivity index (χ1v) is 8.52. The van der Waals surface area contributed by atoms with Gasteiger partial charge in [-0.1, -0.05) is 23.4 Å². The van der Waals surface area contributed by atoms with Gasteiger partial charge >= 0.3 is 0 Å². The van der Waals surface area contributed by atoms with Gasteiger partial charge in [-0.15, -0.1) is 16.4 Å². The van der Waals surface area contributed by atoms with E-state index in [4.69, 9.17) is 0 Å². The number of pyridine rings is 1. The van der Waals surface area contributed by atoms with Crippen molar-refractivity contribution in [2.75, 3.05) is 0 Å². The normalized spacial score (nSPS) is 11.5. The van der Waals surface area contributed by atoms with E-state index in [0.29, 0.717) is 10.2 Å². The Morgan fingerprint density at radius 2 is 1.75 bits per heavy atom. The van der Waals surface area contributed by atoms with Gasteiger partial charge in [0.2, 0.25) is 0 Å². The number of hydrogen-bond donors (Lipinski definition) is 0. The van der Waals surface area contributed by atoms with Crippen molar-refractivity contribution >= 4 is 31.8 Å². The zero-order valence-electron chi connectivity index (χ0n) is 13.9. The lowest BCUT2D eigenvalue weighted by molar-refractivity contribution is 0.733. The highest BCUT2D eigenvalue weighted by Gasteiger charge is 2.17. The molecule has 120 valence electrons. The average molecular weight is 336 g/mol. The van der Waals surface area contributed by atoms with Gasteiger partial charge in [-0.2, -0.15) is 4.68 Å². The Bertz CT molecular complexity index is 1150. The van der Waals surface area contributed by atoms with Gasteiger partial charge in [0.15, 0.2) is 0 Å². The van der Waals surface area contributed by atoms with E-state index in [0.717, 1.165) is 38.3 Å². The molecule has 0 aliphatic heterocycles. The van der Waals surface area contributed by atoms with Crippen molar-refractivity contribution in [3.63, 3.8) is 0 Å². The van der Waals surface area contributed by atoms with E-state index < -0.39 is 0 Å². The lowest BCUT2D eigenvalue weighted by atomic mass is 10.1. The highest BCUT2D eigenvalue weighted by Crippen LogP contribution is 2.31. The third-order valence-electron chi connectivity index (χ3n) is 4.23. The van der Waals surface area contributed by atoms with Gasteiger partial charge in [0.25, 0.3) is 5.56 Å². The predicted octanol–water partition coefficient (Wildman–Crippen LogP) is 3.62. The van der Waals surface area contributed by atoms with Gasteiger partial charge in [0.1, 0.15) is 15.0 Å². The maximum Gasteiger partial charge on any atom is 0.292 e. The van der Waals surface area contributed by atoms with Crippen molar-refractivity contribution in [1.82, 2.24) is 20.0 Å². The first kappa shape index (κ1) is 15.0. The molecule has 4 aromatic rings. The number of aromatic nitrogens is 4.